The van der Waals surface area contributed by atoms with Crippen LogP contribution in [-0.2, 0) is 6.54 Å². The van der Waals surface area contributed by atoms with Gasteiger partial charge in [0.2, 0.25) is 0 Å². The predicted octanol–water partition coefficient (Wildman–Crippen LogP) is 2.27. The summed E-state index contributed by atoms with van der Waals surface area (Å²) in [5.41, 5.74) is 3.97. The molecule has 2 nitrogen and oxygen atoms in total. The van der Waals surface area contributed by atoms with Crippen LogP contribution in [-0.4, -0.2) is 30.7 Å². The number of aryl methyl sites for hydroxylation is 1. The Bertz CT molecular complexity index is 351. The highest BCUT2D eigenvalue weighted by atomic mass is 15.1. The lowest BCUT2D eigenvalue weighted by atomic mass is 10.1. The van der Waals surface area contributed by atoms with Gasteiger partial charge in [0.05, 0.1) is 6.54 Å². The van der Waals surface area contributed by atoms with Crippen LogP contribution in [0, 0.1) is 6.92 Å². The van der Waals surface area contributed by atoms with Crippen molar-refractivity contribution in [3.63, 3.8) is 0 Å². The maximum atomic E-state index is 4.65. The number of aliphatic imine (C=N–C) groups is 1. The van der Waals surface area contributed by atoms with E-state index in [-0.39, 0.29) is 0 Å². The second-order valence-corrected chi connectivity index (χ2v) is 4.36. The Balaban J connectivity index is 1.95. The van der Waals surface area contributed by atoms with Gasteiger partial charge in [-0.05, 0) is 26.0 Å². The van der Waals surface area contributed by atoms with Gasteiger partial charge in [-0.15, -0.1) is 0 Å². The van der Waals surface area contributed by atoms with Crippen LogP contribution in [0.2, 0.25) is 0 Å². The SMILES string of the molecule is Cc1ccc(CN=C2CCN(C)C2)cc1. The normalized spacial score (nSPS) is 20.0. The minimum absolute atomic E-state index is 0.837. The summed E-state index contributed by atoms with van der Waals surface area (Å²) in [4.78, 5) is 6.96. The first-order valence-corrected chi connectivity index (χ1v) is 5.50. The van der Waals surface area contributed by atoms with Gasteiger partial charge in [0.25, 0.3) is 0 Å². The fourth-order valence-electron chi connectivity index (χ4n) is 1.82. The molecule has 2 heteroatoms. The molecule has 0 bridgehead atoms. The summed E-state index contributed by atoms with van der Waals surface area (Å²) in [6, 6.07) is 8.63. The van der Waals surface area contributed by atoms with Gasteiger partial charge in [0.1, 0.15) is 0 Å². The summed E-state index contributed by atoms with van der Waals surface area (Å²) in [5.74, 6) is 0. The zero-order valence-electron chi connectivity index (χ0n) is 9.53. The first kappa shape index (κ1) is 10.4. The molecule has 1 heterocycles. The predicted molar refractivity (Wildman–Crippen MR) is 64.4 cm³/mol. The fraction of sp³-hybridized carbons (Fsp3) is 0.462. The minimum Gasteiger partial charge on any atom is -0.301 e. The summed E-state index contributed by atoms with van der Waals surface area (Å²) in [6.07, 6.45) is 1.14. The van der Waals surface area contributed by atoms with E-state index in [1.807, 2.05) is 0 Å². The molecule has 0 aromatic heterocycles. The standard InChI is InChI=1S/C13H18N2/c1-11-3-5-12(6-4-11)9-14-13-7-8-15(2)10-13/h3-6H,7-10H2,1-2H3. The van der Waals surface area contributed by atoms with Crippen molar-refractivity contribution in [2.75, 3.05) is 20.1 Å². The molecule has 1 fully saturated rings. The average Bonchev–Trinajstić information content (AvgIpc) is 2.64. The number of benzene rings is 1. The highest BCUT2D eigenvalue weighted by Crippen LogP contribution is 2.07. The summed E-state index contributed by atoms with van der Waals surface area (Å²) >= 11 is 0. The molecule has 0 radical (unpaired) electrons. The molecule has 1 aromatic carbocycles. The van der Waals surface area contributed by atoms with Crippen molar-refractivity contribution in [2.45, 2.75) is 19.9 Å². The third kappa shape index (κ3) is 2.90. The smallest absolute Gasteiger partial charge is 0.0639 e. The van der Waals surface area contributed by atoms with Crippen LogP contribution in [0.25, 0.3) is 0 Å². The van der Waals surface area contributed by atoms with E-state index in [1.54, 1.807) is 0 Å². The van der Waals surface area contributed by atoms with Crippen molar-refractivity contribution < 1.29 is 0 Å². The molecule has 0 amide bonds. The number of rotatable bonds is 2. The van der Waals surface area contributed by atoms with Gasteiger partial charge >= 0.3 is 0 Å². The average molecular weight is 202 g/mol. The van der Waals surface area contributed by atoms with Gasteiger partial charge in [0.15, 0.2) is 0 Å². The third-order valence-corrected chi connectivity index (χ3v) is 2.84. The first-order valence-electron chi connectivity index (χ1n) is 5.50. The van der Waals surface area contributed by atoms with Crippen molar-refractivity contribution in [3.05, 3.63) is 35.4 Å². The first-order chi connectivity index (χ1) is 7.24. The minimum atomic E-state index is 0.837. The number of hydrogen-bond donors (Lipinski definition) is 0. The van der Waals surface area contributed by atoms with E-state index in [4.69, 9.17) is 0 Å². The Morgan fingerprint density at radius 2 is 2.00 bits per heavy atom. The Kier molecular flexibility index (Phi) is 3.17. The lowest BCUT2D eigenvalue weighted by Gasteiger charge is -2.02. The number of hydrogen-bond acceptors (Lipinski definition) is 2. The molecule has 80 valence electrons. The van der Waals surface area contributed by atoms with Gasteiger partial charge in [-0.25, -0.2) is 0 Å². The lowest BCUT2D eigenvalue weighted by molar-refractivity contribution is 0.428. The van der Waals surface area contributed by atoms with E-state index in [0.717, 1.165) is 26.1 Å². The molecule has 1 aliphatic heterocycles. The molecule has 0 aliphatic carbocycles. The van der Waals surface area contributed by atoms with Crippen LogP contribution >= 0.6 is 0 Å². The van der Waals surface area contributed by atoms with Crippen LogP contribution in [0.4, 0.5) is 0 Å². The van der Waals surface area contributed by atoms with Crippen molar-refractivity contribution in [1.29, 1.82) is 0 Å². The maximum Gasteiger partial charge on any atom is 0.0639 e. The fourth-order valence-corrected chi connectivity index (χ4v) is 1.82. The summed E-state index contributed by atoms with van der Waals surface area (Å²) < 4.78 is 0. The van der Waals surface area contributed by atoms with Crippen molar-refractivity contribution in [2.24, 2.45) is 4.99 Å². The molecule has 0 unspecified atom stereocenters. The Morgan fingerprint density at radius 3 is 2.60 bits per heavy atom. The molecular formula is C13H18N2. The summed E-state index contributed by atoms with van der Waals surface area (Å²) in [6.45, 7) is 5.16. The molecule has 1 aliphatic rings. The van der Waals surface area contributed by atoms with Crippen LogP contribution in [0.3, 0.4) is 0 Å². The quantitative estimate of drug-likeness (QED) is 0.718. The molecule has 1 saturated heterocycles. The van der Waals surface area contributed by atoms with Gasteiger partial charge in [-0.3, -0.25) is 4.99 Å². The van der Waals surface area contributed by atoms with Gasteiger partial charge < -0.3 is 4.90 Å². The molecule has 0 saturated carbocycles. The summed E-state index contributed by atoms with van der Waals surface area (Å²) in [5, 5.41) is 0. The molecule has 0 spiro atoms. The van der Waals surface area contributed by atoms with E-state index in [1.165, 1.54) is 16.8 Å². The van der Waals surface area contributed by atoms with E-state index in [2.05, 4.69) is 48.1 Å². The zero-order chi connectivity index (χ0) is 10.7. The highest BCUT2D eigenvalue weighted by molar-refractivity contribution is 5.88. The maximum absolute atomic E-state index is 4.65. The second kappa shape index (κ2) is 4.58. The van der Waals surface area contributed by atoms with Crippen molar-refractivity contribution >= 4 is 5.71 Å². The van der Waals surface area contributed by atoms with E-state index in [9.17, 15) is 0 Å². The van der Waals surface area contributed by atoms with E-state index in [0.29, 0.717) is 0 Å². The molecule has 1 aromatic rings. The van der Waals surface area contributed by atoms with Crippen molar-refractivity contribution in [1.82, 2.24) is 4.90 Å². The Labute approximate surface area is 91.6 Å². The number of likely N-dealkylation sites (tertiary alicyclic amines) is 1. The summed E-state index contributed by atoms with van der Waals surface area (Å²) in [7, 11) is 2.15. The molecule has 2 rings (SSSR count). The molecule has 15 heavy (non-hydrogen) atoms. The van der Waals surface area contributed by atoms with Crippen LogP contribution in [0.5, 0.6) is 0 Å². The van der Waals surface area contributed by atoms with Gasteiger partial charge in [0, 0.05) is 18.8 Å². The monoisotopic (exact) mass is 202 g/mol. The van der Waals surface area contributed by atoms with Crippen LogP contribution in [0.15, 0.2) is 29.3 Å². The molecule has 0 atom stereocenters. The molecule has 0 N–H and O–H groups in total. The highest BCUT2D eigenvalue weighted by Gasteiger charge is 2.12. The largest absolute Gasteiger partial charge is 0.301 e. The number of nitrogens with zero attached hydrogens (tertiary/aromatic N) is 2. The third-order valence-electron chi connectivity index (χ3n) is 2.84. The Morgan fingerprint density at radius 1 is 1.27 bits per heavy atom. The van der Waals surface area contributed by atoms with Crippen LogP contribution < -0.4 is 0 Å². The van der Waals surface area contributed by atoms with E-state index < -0.39 is 0 Å². The Hall–Kier alpha value is -1.15. The van der Waals surface area contributed by atoms with Crippen molar-refractivity contribution in [3.8, 4) is 0 Å². The van der Waals surface area contributed by atoms with Gasteiger partial charge in [-0.2, -0.15) is 0 Å². The topological polar surface area (TPSA) is 15.6 Å². The van der Waals surface area contributed by atoms with E-state index >= 15 is 0 Å². The van der Waals surface area contributed by atoms with Gasteiger partial charge in [-0.1, -0.05) is 29.8 Å². The second-order valence-electron chi connectivity index (χ2n) is 4.36. The zero-order valence-corrected chi connectivity index (χ0v) is 9.53. The lowest BCUT2D eigenvalue weighted by Crippen LogP contribution is -2.13. The van der Waals surface area contributed by atoms with Crippen LogP contribution in [0.1, 0.15) is 17.5 Å². The molecular weight excluding hydrogens is 184 g/mol.